The first-order chi connectivity index (χ1) is 6.22. The Morgan fingerprint density at radius 1 is 1.54 bits per heavy atom. The molecular formula is C9H19NO2S. The van der Waals surface area contributed by atoms with Crippen LogP contribution in [0.1, 0.15) is 26.2 Å². The molecule has 0 fully saturated rings. The molecule has 13 heavy (non-hydrogen) atoms. The second-order valence-corrected chi connectivity index (χ2v) is 3.94. The first-order valence-corrected chi connectivity index (χ1v) is 6.06. The third kappa shape index (κ3) is 6.90. The van der Waals surface area contributed by atoms with Gasteiger partial charge in [-0.2, -0.15) is 11.8 Å². The predicted molar refractivity (Wildman–Crippen MR) is 57.3 cm³/mol. The van der Waals surface area contributed by atoms with Gasteiger partial charge in [-0.3, -0.25) is 4.79 Å². The summed E-state index contributed by atoms with van der Waals surface area (Å²) in [5.74, 6) is 0.415. The van der Waals surface area contributed by atoms with Crippen molar-refractivity contribution in [1.82, 2.24) is 5.32 Å². The van der Waals surface area contributed by atoms with Crippen LogP contribution in [0, 0.1) is 0 Å². The van der Waals surface area contributed by atoms with Gasteiger partial charge in [-0.25, -0.2) is 0 Å². The van der Waals surface area contributed by atoms with Crippen molar-refractivity contribution in [2.45, 2.75) is 32.2 Å². The number of hydrogen-bond donors (Lipinski definition) is 2. The normalized spacial score (nSPS) is 12.8. The van der Waals surface area contributed by atoms with Crippen LogP contribution in [-0.2, 0) is 4.79 Å². The van der Waals surface area contributed by atoms with Gasteiger partial charge >= 0.3 is 5.97 Å². The van der Waals surface area contributed by atoms with Gasteiger partial charge < -0.3 is 10.4 Å². The van der Waals surface area contributed by atoms with E-state index in [2.05, 4.69) is 11.6 Å². The molecule has 0 heterocycles. The molecule has 0 aromatic rings. The van der Waals surface area contributed by atoms with Gasteiger partial charge in [0.2, 0.25) is 0 Å². The maximum Gasteiger partial charge on any atom is 0.320 e. The van der Waals surface area contributed by atoms with E-state index in [0.717, 1.165) is 25.1 Å². The lowest BCUT2D eigenvalue weighted by molar-refractivity contribution is -0.139. The Balaban J connectivity index is 3.33. The minimum Gasteiger partial charge on any atom is -0.480 e. The molecule has 0 aliphatic heterocycles. The van der Waals surface area contributed by atoms with Crippen LogP contribution < -0.4 is 5.32 Å². The number of nitrogens with one attached hydrogen (secondary N) is 1. The third-order valence-corrected chi connectivity index (χ3v) is 2.57. The molecule has 0 saturated carbocycles. The van der Waals surface area contributed by atoms with Crippen LogP contribution in [0.2, 0.25) is 0 Å². The van der Waals surface area contributed by atoms with Crippen LogP contribution >= 0.6 is 11.8 Å². The van der Waals surface area contributed by atoms with Crippen LogP contribution in [0.25, 0.3) is 0 Å². The van der Waals surface area contributed by atoms with E-state index < -0.39 is 5.97 Å². The zero-order chi connectivity index (χ0) is 10.1. The van der Waals surface area contributed by atoms with E-state index in [1.807, 2.05) is 18.7 Å². The Bertz CT molecular complexity index is 142. The second-order valence-electron chi connectivity index (χ2n) is 2.95. The van der Waals surface area contributed by atoms with Crippen molar-refractivity contribution in [2.75, 3.05) is 18.6 Å². The van der Waals surface area contributed by atoms with Crippen molar-refractivity contribution in [3.8, 4) is 0 Å². The van der Waals surface area contributed by atoms with E-state index in [0.29, 0.717) is 6.42 Å². The molecule has 0 bridgehead atoms. The van der Waals surface area contributed by atoms with Gasteiger partial charge in [0.05, 0.1) is 0 Å². The van der Waals surface area contributed by atoms with Gasteiger partial charge in [0.15, 0.2) is 0 Å². The molecule has 0 amide bonds. The van der Waals surface area contributed by atoms with Crippen LogP contribution in [0.5, 0.6) is 0 Å². The lowest BCUT2D eigenvalue weighted by Gasteiger charge is -2.11. The third-order valence-electron chi connectivity index (χ3n) is 1.87. The summed E-state index contributed by atoms with van der Waals surface area (Å²) in [5, 5.41) is 11.7. The van der Waals surface area contributed by atoms with E-state index in [9.17, 15) is 4.79 Å². The van der Waals surface area contributed by atoms with Crippen molar-refractivity contribution < 1.29 is 9.90 Å². The molecule has 3 nitrogen and oxygen atoms in total. The van der Waals surface area contributed by atoms with Gasteiger partial charge in [-0.15, -0.1) is 0 Å². The highest BCUT2D eigenvalue weighted by molar-refractivity contribution is 7.98. The van der Waals surface area contributed by atoms with Crippen molar-refractivity contribution in [1.29, 1.82) is 0 Å². The summed E-state index contributed by atoms with van der Waals surface area (Å²) in [6, 6.07) is -0.366. The molecule has 0 aromatic carbocycles. The molecule has 0 saturated heterocycles. The first kappa shape index (κ1) is 12.8. The maximum atomic E-state index is 10.6. The highest BCUT2D eigenvalue weighted by Gasteiger charge is 2.12. The monoisotopic (exact) mass is 205 g/mol. The van der Waals surface area contributed by atoms with Crippen LogP contribution in [0.4, 0.5) is 0 Å². The number of carbonyl (C=O) groups is 1. The number of carboxylic acid groups (broad SMARTS) is 1. The second kappa shape index (κ2) is 8.38. The molecule has 1 unspecified atom stereocenters. The van der Waals surface area contributed by atoms with Gasteiger partial charge in [0, 0.05) is 0 Å². The number of rotatable bonds is 8. The Hall–Kier alpha value is -0.220. The van der Waals surface area contributed by atoms with Crippen molar-refractivity contribution >= 4 is 17.7 Å². The van der Waals surface area contributed by atoms with Crippen LogP contribution in [0.3, 0.4) is 0 Å². The minimum absolute atomic E-state index is 0.366. The number of thioether (sulfide) groups is 1. The molecule has 0 aromatic heterocycles. The molecule has 0 radical (unpaired) electrons. The fraction of sp³-hybridized carbons (Fsp3) is 0.889. The average Bonchev–Trinajstić information content (AvgIpc) is 2.10. The smallest absolute Gasteiger partial charge is 0.320 e. The Labute approximate surface area is 84.3 Å². The van der Waals surface area contributed by atoms with E-state index in [-0.39, 0.29) is 6.04 Å². The van der Waals surface area contributed by atoms with Gasteiger partial charge in [-0.1, -0.05) is 6.92 Å². The average molecular weight is 205 g/mol. The number of unbranched alkanes of at least 4 members (excludes halogenated alkanes) is 1. The quantitative estimate of drug-likeness (QED) is 0.591. The van der Waals surface area contributed by atoms with Crippen molar-refractivity contribution in [3.63, 3.8) is 0 Å². The molecule has 1 atom stereocenters. The van der Waals surface area contributed by atoms with Gasteiger partial charge in [0.1, 0.15) is 6.04 Å². The number of carboxylic acids is 1. The molecule has 0 aliphatic rings. The SMILES string of the molecule is CCC(NCCCCSC)C(=O)O. The minimum atomic E-state index is -0.743. The van der Waals surface area contributed by atoms with E-state index in [4.69, 9.17) is 5.11 Å². The van der Waals surface area contributed by atoms with Gasteiger partial charge in [-0.05, 0) is 37.8 Å². The van der Waals surface area contributed by atoms with E-state index >= 15 is 0 Å². The largest absolute Gasteiger partial charge is 0.480 e. The van der Waals surface area contributed by atoms with Crippen LogP contribution in [-0.4, -0.2) is 35.7 Å². The summed E-state index contributed by atoms with van der Waals surface area (Å²) in [6.45, 7) is 2.69. The number of hydrogen-bond acceptors (Lipinski definition) is 3. The summed E-state index contributed by atoms with van der Waals surface area (Å²) in [4.78, 5) is 10.6. The molecule has 2 N–H and O–H groups in total. The molecule has 78 valence electrons. The highest BCUT2D eigenvalue weighted by atomic mass is 32.2. The Morgan fingerprint density at radius 2 is 2.23 bits per heavy atom. The van der Waals surface area contributed by atoms with Gasteiger partial charge in [0.25, 0.3) is 0 Å². The molecule has 0 rings (SSSR count). The lowest BCUT2D eigenvalue weighted by Crippen LogP contribution is -2.36. The summed E-state index contributed by atoms with van der Waals surface area (Å²) in [7, 11) is 0. The molecular weight excluding hydrogens is 186 g/mol. The maximum absolute atomic E-state index is 10.6. The Morgan fingerprint density at radius 3 is 2.69 bits per heavy atom. The molecule has 4 heteroatoms. The fourth-order valence-electron chi connectivity index (χ4n) is 1.05. The topological polar surface area (TPSA) is 49.3 Å². The first-order valence-electron chi connectivity index (χ1n) is 4.67. The zero-order valence-electron chi connectivity index (χ0n) is 8.38. The van der Waals surface area contributed by atoms with E-state index in [1.165, 1.54) is 0 Å². The molecule has 0 spiro atoms. The molecule has 0 aliphatic carbocycles. The fourth-order valence-corrected chi connectivity index (χ4v) is 1.55. The summed E-state index contributed by atoms with van der Waals surface area (Å²) in [6.07, 6.45) is 4.95. The summed E-state index contributed by atoms with van der Waals surface area (Å²) < 4.78 is 0. The summed E-state index contributed by atoms with van der Waals surface area (Å²) in [5.41, 5.74) is 0. The summed E-state index contributed by atoms with van der Waals surface area (Å²) >= 11 is 1.83. The lowest BCUT2D eigenvalue weighted by atomic mass is 10.2. The van der Waals surface area contributed by atoms with Crippen molar-refractivity contribution in [3.05, 3.63) is 0 Å². The zero-order valence-corrected chi connectivity index (χ0v) is 9.19. The number of aliphatic carboxylic acids is 1. The van der Waals surface area contributed by atoms with E-state index in [1.54, 1.807) is 0 Å². The van der Waals surface area contributed by atoms with Crippen LogP contribution in [0.15, 0.2) is 0 Å². The highest BCUT2D eigenvalue weighted by Crippen LogP contribution is 1.99. The van der Waals surface area contributed by atoms with Crippen molar-refractivity contribution in [2.24, 2.45) is 0 Å². The predicted octanol–water partition coefficient (Wildman–Crippen LogP) is 1.58. The standard InChI is InChI=1S/C9H19NO2S/c1-3-8(9(11)12)10-6-4-5-7-13-2/h8,10H,3-7H2,1-2H3,(H,11,12). The Kier molecular flexibility index (Phi) is 8.24.